The lowest BCUT2D eigenvalue weighted by Gasteiger charge is -2.05. The normalized spacial score (nSPS) is 21.8. The minimum absolute atomic E-state index is 0.0280. The van der Waals surface area contributed by atoms with Crippen LogP contribution in [0.2, 0.25) is 0 Å². The van der Waals surface area contributed by atoms with Crippen LogP contribution in [0.1, 0.15) is 155 Å². The molecule has 0 saturated carbocycles. The van der Waals surface area contributed by atoms with Crippen molar-refractivity contribution in [2.75, 3.05) is 13.2 Å². The first-order valence-corrected chi connectivity index (χ1v) is 16.3. The first-order valence-electron chi connectivity index (χ1n) is 16.3. The topological polar surface area (TPSA) is 77.7 Å². The van der Waals surface area contributed by atoms with Crippen molar-refractivity contribution in [1.29, 1.82) is 0 Å². The molecule has 0 bridgehead atoms. The Hall–Kier alpha value is -1.14. The molecule has 2 rings (SSSR count). The highest BCUT2D eigenvalue weighted by Crippen LogP contribution is 2.36. The van der Waals surface area contributed by atoms with Gasteiger partial charge in [0.15, 0.2) is 0 Å². The molecule has 2 saturated heterocycles. The number of carbonyl (C=O) groups is 2. The Morgan fingerprint density at radius 1 is 0.500 bits per heavy atom. The maximum absolute atomic E-state index is 12.0. The van der Waals surface area contributed by atoms with Gasteiger partial charge in [0.25, 0.3) is 0 Å². The lowest BCUT2D eigenvalue weighted by atomic mass is 10.0. The largest absolute Gasteiger partial charge is 0.466 e. The van der Waals surface area contributed by atoms with Crippen LogP contribution in [0.25, 0.3) is 0 Å². The van der Waals surface area contributed by atoms with Crippen LogP contribution in [0.5, 0.6) is 0 Å². The number of ether oxygens (including phenoxy) is 4. The second-order valence-corrected chi connectivity index (χ2v) is 11.5. The van der Waals surface area contributed by atoms with Gasteiger partial charge in [0.2, 0.25) is 0 Å². The molecule has 4 atom stereocenters. The predicted molar refractivity (Wildman–Crippen MR) is 152 cm³/mol. The van der Waals surface area contributed by atoms with Crippen molar-refractivity contribution in [3.05, 3.63) is 0 Å². The molecule has 222 valence electrons. The molecule has 4 unspecified atom stereocenters. The SMILES string of the molecule is CCCCCCCCOC(=O)CCCCCCCC1OC1CCC1OC1CC(=O)OCCCCCCCC. The molecule has 2 heterocycles. The third-order valence-electron chi connectivity index (χ3n) is 7.87. The van der Waals surface area contributed by atoms with E-state index in [2.05, 4.69) is 13.8 Å². The zero-order chi connectivity index (χ0) is 27.3. The lowest BCUT2D eigenvalue weighted by molar-refractivity contribution is -0.145. The third-order valence-corrected chi connectivity index (χ3v) is 7.87. The molecule has 2 fully saturated rings. The van der Waals surface area contributed by atoms with Gasteiger partial charge in [0.05, 0.1) is 44.1 Å². The summed E-state index contributed by atoms with van der Waals surface area (Å²) in [6, 6.07) is 0. The van der Waals surface area contributed by atoms with Crippen LogP contribution >= 0.6 is 0 Å². The summed E-state index contributed by atoms with van der Waals surface area (Å²) in [7, 11) is 0. The van der Waals surface area contributed by atoms with Gasteiger partial charge in [-0.25, -0.2) is 0 Å². The maximum Gasteiger partial charge on any atom is 0.308 e. The highest BCUT2D eigenvalue weighted by molar-refractivity contribution is 5.70. The van der Waals surface area contributed by atoms with Crippen LogP contribution in [0.3, 0.4) is 0 Å². The summed E-state index contributed by atoms with van der Waals surface area (Å²) < 4.78 is 22.2. The van der Waals surface area contributed by atoms with Gasteiger partial charge >= 0.3 is 11.9 Å². The molecule has 0 aromatic rings. The highest BCUT2D eigenvalue weighted by atomic mass is 16.6. The van der Waals surface area contributed by atoms with Crippen LogP contribution in [0.4, 0.5) is 0 Å². The summed E-state index contributed by atoms with van der Waals surface area (Å²) in [6.45, 7) is 5.58. The second kappa shape index (κ2) is 21.7. The molecule has 38 heavy (non-hydrogen) atoms. The molecule has 0 spiro atoms. The monoisotopic (exact) mass is 538 g/mol. The summed E-state index contributed by atoms with van der Waals surface area (Å²) in [5.41, 5.74) is 0. The average Bonchev–Trinajstić information content (AvgIpc) is 3.83. The number of rotatable bonds is 27. The minimum atomic E-state index is -0.114. The standard InChI is InChI=1S/C32H58O6/c1-3-5-7-9-14-18-24-35-31(33)21-17-13-11-12-16-20-27-28(37-27)22-23-29-30(38-29)26-32(34)36-25-19-15-10-8-6-4-2/h27-30H,3-26H2,1-2H3. The van der Waals surface area contributed by atoms with Gasteiger partial charge < -0.3 is 18.9 Å². The fraction of sp³-hybridized carbons (Fsp3) is 0.938. The number of hydrogen-bond acceptors (Lipinski definition) is 6. The molecule has 6 nitrogen and oxygen atoms in total. The van der Waals surface area contributed by atoms with Gasteiger partial charge in [-0.3, -0.25) is 9.59 Å². The number of esters is 2. The first kappa shape index (κ1) is 33.1. The molecule has 0 aromatic carbocycles. The Morgan fingerprint density at radius 3 is 1.58 bits per heavy atom. The lowest BCUT2D eigenvalue weighted by Crippen LogP contribution is -2.10. The number of hydrogen-bond donors (Lipinski definition) is 0. The number of carbonyl (C=O) groups excluding carboxylic acids is 2. The molecular weight excluding hydrogens is 480 g/mol. The van der Waals surface area contributed by atoms with E-state index in [-0.39, 0.29) is 24.1 Å². The summed E-state index contributed by atoms with van der Waals surface area (Å²) in [5.74, 6) is -0.142. The molecule has 0 N–H and O–H groups in total. The Kier molecular flexibility index (Phi) is 18.8. The van der Waals surface area contributed by atoms with Crippen molar-refractivity contribution in [2.24, 2.45) is 0 Å². The summed E-state index contributed by atoms with van der Waals surface area (Å²) in [6.07, 6.45) is 25.2. The van der Waals surface area contributed by atoms with Gasteiger partial charge in [0.1, 0.15) is 0 Å². The van der Waals surface area contributed by atoms with E-state index in [4.69, 9.17) is 18.9 Å². The van der Waals surface area contributed by atoms with Gasteiger partial charge in [0, 0.05) is 6.42 Å². The van der Waals surface area contributed by atoms with Crippen molar-refractivity contribution in [3.8, 4) is 0 Å². The Morgan fingerprint density at radius 2 is 0.947 bits per heavy atom. The van der Waals surface area contributed by atoms with Crippen LogP contribution in [-0.2, 0) is 28.5 Å². The quantitative estimate of drug-likeness (QED) is 0.0595. The van der Waals surface area contributed by atoms with E-state index >= 15 is 0 Å². The van der Waals surface area contributed by atoms with Crippen LogP contribution in [-0.4, -0.2) is 49.6 Å². The van der Waals surface area contributed by atoms with Crippen LogP contribution in [0, 0.1) is 0 Å². The zero-order valence-corrected chi connectivity index (χ0v) is 24.7. The average molecular weight is 539 g/mol. The van der Waals surface area contributed by atoms with Crippen molar-refractivity contribution >= 4 is 11.9 Å². The molecular formula is C32H58O6. The van der Waals surface area contributed by atoms with Gasteiger partial charge in [-0.15, -0.1) is 0 Å². The molecule has 0 radical (unpaired) electrons. The summed E-state index contributed by atoms with van der Waals surface area (Å²) in [5, 5.41) is 0. The highest BCUT2D eigenvalue weighted by Gasteiger charge is 2.44. The summed E-state index contributed by atoms with van der Waals surface area (Å²) >= 11 is 0. The fourth-order valence-electron chi connectivity index (χ4n) is 5.21. The molecule has 6 heteroatoms. The molecule has 0 aromatic heterocycles. The maximum atomic E-state index is 12.0. The first-order chi connectivity index (χ1) is 18.6. The van der Waals surface area contributed by atoms with E-state index in [9.17, 15) is 9.59 Å². The van der Waals surface area contributed by atoms with Gasteiger partial charge in [-0.1, -0.05) is 104 Å². The van der Waals surface area contributed by atoms with E-state index in [0.29, 0.717) is 38.3 Å². The fourth-order valence-corrected chi connectivity index (χ4v) is 5.21. The predicted octanol–water partition coefficient (Wildman–Crippen LogP) is 8.23. The van der Waals surface area contributed by atoms with Crippen molar-refractivity contribution in [1.82, 2.24) is 0 Å². The summed E-state index contributed by atoms with van der Waals surface area (Å²) in [4.78, 5) is 23.8. The van der Waals surface area contributed by atoms with Crippen molar-refractivity contribution < 1.29 is 28.5 Å². The minimum Gasteiger partial charge on any atom is -0.466 e. The smallest absolute Gasteiger partial charge is 0.308 e. The van der Waals surface area contributed by atoms with Crippen molar-refractivity contribution in [3.63, 3.8) is 0 Å². The van der Waals surface area contributed by atoms with E-state index in [1.54, 1.807) is 0 Å². The zero-order valence-electron chi connectivity index (χ0n) is 24.7. The van der Waals surface area contributed by atoms with Gasteiger partial charge in [-0.05, 0) is 38.5 Å². The van der Waals surface area contributed by atoms with Crippen LogP contribution in [0.15, 0.2) is 0 Å². The molecule has 0 amide bonds. The molecule has 2 aliphatic heterocycles. The number of epoxide rings is 2. The van der Waals surface area contributed by atoms with E-state index in [1.165, 1.54) is 77.0 Å². The third kappa shape index (κ3) is 17.4. The Labute approximate surface area is 233 Å². The van der Waals surface area contributed by atoms with Gasteiger partial charge in [-0.2, -0.15) is 0 Å². The molecule has 0 aliphatic carbocycles. The van der Waals surface area contributed by atoms with Crippen molar-refractivity contribution in [2.45, 2.75) is 180 Å². The van der Waals surface area contributed by atoms with E-state index in [0.717, 1.165) is 51.4 Å². The number of unbranched alkanes of at least 4 members (excludes halogenated alkanes) is 14. The van der Waals surface area contributed by atoms with Crippen LogP contribution < -0.4 is 0 Å². The Bertz CT molecular complexity index is 609. The second-order valence-electron chi connectivity index (χ2n) is 11.5. The Balaban J connectivity index is 1.30. The van der Waals surface area contributed by atoms with E-state index in [1.807, 2.05) is 0 Å². The van der Waals surface area contributed by atoms with E-state index < -0.39 is 0 Å². The molecule has 2 aliphatic rings.